The smallest absolute Gasteiger partial charge is 0.306 e. The SMILES string of the molecule is CCCCCCCON1C(C)(C)CC(OC(=O)CCC(=O)OC2CC(C)(C)N(OCCCCCCC)C(C)(C)C2)CC1(C)C. The van der Waals surface area contributed by atoms with Crippen LogP contribution in [0.2, 0.25) is 0 Å². The van der Waals surface area contributed by atoms with E-state index in [9.17, 15) is 9.59 Å². The van der Waals surface area contributed by atoms with E-state index in [2.05, 4.69) is 79.4 Å². The molecular formula is C36H68N2O6. The molecule has 0 amide bonds. The number of esters is 2. The van der Waals surface area contributed by atoms with Gasteiger partial charge < -0.3 is 9.47 Å². The van der Waals surface area contributed by atoms with E-state index in [4.69, 9.17) is 19.1 Å². The van der Waals surface area contributed by atoms with Crippen LogP contribution in [0, 0.1) is 0 Å². The third-order valence-corrected chi connectivity index (χ3v) is 9.17. The van der Waals surface area contributed by atoms with Gasteiger partial charge in [0.05, 0.1) is 26.1 Å². The predicted octanol–water partition coefficient (Wildman–Crippen LogP) is 8.70. The van der Waals surface area contributed by atoms with Crippen molar-refractivity contribution in [2.24, 2.45) is 0 Å². The molecular weight excluding hydrogens is 556 g/mol. The fourth-order valence-corrected chi connectivity index (χ4v) is 7.63. The molecule has 0 atom stereocenters. The molecule has 0 saturated carbocycles. The summed E-state index contributed by atoms with van der Waals surface area (Å²) in [5.74, 6) is -0.682. The summed E-state index contributed by atoms with van der Waals surface area (Å²) in [4.78, 5) is 38.3. The van der Waals surface area contributed by atoms with Gasteiger partial charge in [-0.2, -0.15) is 10.1 Å². The number of piperidine rings is 2. The minimum Gasteiger partial charge on any atom is -0.462 e. The van der Waals surface area contributed by atoms with Crippen molar-refractivity contribution >= 4 is 11.9 Å². The zero-order valence-corrected chi connectivity index (χ0v) is 30.2. The van der Waals surface area contributed by atoms with Crippen LogP contribution in [0.5, 0.6) is 0 Å². The van der Waals surface area contributed by atoms with E-state index in [0.717, 1.165) is 12.8 Å². The minimum atomic E-state index is -0.341. The highest BCUT2D eigenvalue weighted by Crippen LogP contribution is 2.41. The molecule has 0 spiro atoms. The summed E-state index contributed by atoms with van der Waals surface area (Å²) in [6, 6.07) is 0. The number of ether oxygens (including phenoxy) is 2. The molecule has 0 aromatic heterocycles. The van der Waals surface area contributed by atoms with Crippen LogP contribution in [0.15, 0.2) is 0 Å². The lowest BCUT2D eigenvalue weighted by atomic mass is 9.80. The average molecular weight is 625 g/mol. The van der Waals surface area contributed by atoms with Crippen LogP contribution < -0.4 is 0 Å². The van der Waals surface area contributed by atoms with E-state index in [1.54, 1.807) is 0 Å². The van der Waals surface area contributed by atoms with Gasteiger partial charge in [-0.1, -0.05) is 65.2 Å². The first-order valence-electron chi connectivity index (χ1n) is 17.8. The Balaban J connectivity index is 1.79. The van der Waals surface area contributed by atoms with Gasteiger partial charge in [0.25, 0.3) is 0 Å². The Morgan fingerprint density at radius 1 is 0.523 bits per heavy atom. The molecule has 258 valence electrons. The highest BCUT2D eigenvalue weighted by atomic mass is 16.7. The Morgan fingerprint density at radius 3 is 1.11 bits per heavy atom. The lowest BCUT2D eigenvalue weighted by molar-refractivity contribution is -0.294. The lowest BCUT2D eigenvalue weighted by Crippen LogP contribution is -2.62. The van der Waals surface area contributed by atoms with Crippen LogP contribution in [0.25, 0.3) is 0 Å². The van der Waals surface area contributed by atoms with Gasteiger partial charge in [0.15, 0.2) is 0 Å². The van der Waals surface area contributed by atoms with Crippen LogP contribution in [0.4, 0.5) is 0 Å². The number of nitrogens with zero attached hydrogens (tertiary/aromatic N) is 2. The summed E-state index contributed by atoms with van der Waals surface area (Å²) in [7, 11) is 0. The summed E-state index contributed by atoms with van der Waals surface area (Å²) in [6.45, 7) is 23.1. The molecule has 0 aromatic carbocycles. The molecule has 8 nitrogen and oxygen atoms in total. The van der Waals surface area contributed by atoms with Crippen molar-refractivity contribution in [1.29, 1.82) is 0 Å². The van der Waals surface area contributed by atoms with E-state index in [1.165, 1.54) is 51.4 Å². The number of hydrogen-bond acceptors (Lipinski definition) is 8. The number of unbranched alkanes of at least 4 members (excludes halogenated alkanes) is 8. The van der Waals surface area contributed by atoms with Crippen LogP contribution in [0.1, 0.15) is 172 Å². The molecule has 0 radical (unpaired) electrons. The Labute approximate surface area is 270 Å². The second-order valence-electron chi connectivity index (χ2n) is 15.9. The van der Waals surface area contributed by atoms with Gasteiger partial charge in [0, 0.05) is 47.8 Å². The zero-order valence-electron chi connectivity index (χ0n) is 30.2. The van der Waals surface area contributed by atoms with Crippen LogP contribution >= 0.6 is 0 Å². The zero-order chi connectivity index (χ0) is 33.0. The Bertz CT molecular complexity index is 765. The second kappa shape index (κ2) is 17.6. The van der Waals surface area contributed by atoms with Crippen molar-refractivity contribution in [3.63, 3.8) is 0 Å². The van der Waals surface area contributed by atoms with Crippen molar-refractivity contribution in [3.05, 3.63) is 0 Å². The summed E-state index contributed by atoms with van der Waals surface area (Å²) < 4.78 is 11.8. The molecule has 0 unspecified atom stereocenters. The van der Waals surface area contributed by atoms with Gasteiger partial charge in [0.2, 0.25) is 0 Å². The maximum Gasteiger partial charge on any atom is 0.306 e. The van der Waals surface area contributed by atoms with Crippen molar-refractivity contribution in [2.45, 2.75) is 206 Å². The number of rotatable bonds is 19. The number of hydroxylamine groups is 4. The molecule has 2 saturated heterocycles. The molecule has 8 heteroatoms. The van der Waals surface area contributed by atoms with E-state index in [0.29, 0.717) is 38.9 Å². The first-order valence-corrected chi connectivity index (χ1v) is 17.8. The van der Waals surface area contributed by atoms with E-state index in [-0.39, 0.29) is 59.1 Å². The second-order valence-corrected chi connectivity index (χ2v) is 15.9. The van der Waals surface area contributed by atoms with Gasteiger partial charge in [-0.05, 0) is 68.2 Å². The van der Waals surface area contributed by atoms with Crippen LogP contribution in [0.3, 0.4) is 0 Å². The maximum absolute atomic E-state index is 12.8. The molecule has 0 aliphatic carbocycles. The summed E-state index contributed by atoms with van der Waals surface area (Å²) in [5.41, 5.74) is -1.10. The van der Waals surface area contributed by atoms with Crippen molar-refractivity contribution in [2.75, 3.05) is 13.2 Å². The molecule has 2 rings (SSSR count). The van der Waals surface area contributed by atoms with E-state index < -0.39 is 0 Å². The van der Waals surface area contributed by atoms with E-state index in [1.807, 2.05) is 0 Å². The first-order chi connectivity index (χ1) is 20.5. The van der Waals surface area contributed by atoms with Gasteiger partial charge >= 0.3 is 11.9 Å². The quantitative estimate of drug-likeness (QED) is 0.104. The Hall–Kier alpha value is -1.22. The Kier molecular flexibility index (Phi) is 15.6. The molecule has 0 bridgehead atoms. The number of hydrogen-bond donors (Lipinski definition) is 0. The molecule has 2 aliphatic rings. The molecule has 0 N–H and O–H groups in total. The molecule has 2 fully saturated rings. The largest absolute Gasteiger partial charge is 0.462 e. The summed E-state index contributed by atoms with van der Waals surface area (Å²) >= 11 is 0. The van der Waals surface area contributed by atoms with Crippen LogP contribution in [-0.4, -0.2) is 69.6 Å². The third-order valence-electron chi connectivity index (χ3n) is 9.17. The highest BCUT2D eigenvalue weighted by molar-refractivity contribution is 5.77. The highest BCUT2D eigenvalue weighted by Gasteiger charge is 2.49. The van der Waals surface area contributed by atoms with Crippen molar-refractivity contribution in [3.8, 4) is 0 Å². The summed E-state index contributed by atoms with van der Waals surface area (Å²) in [6.07, 6.45) is 14.4. The maximum atomic E-state index is 12.8. The fourth-order valence-electron chi connectivity index (χ4n) is 7.63. The molecule has 2 heterocycles. The monoisotopic (exact) mass is 625 g/mol. The first kappa shape index (κ1) is 39.0. The van der Waals surface area contributed by atoms with Gasteiger partial charge in [-0.3, -0.25) is 19.3 Å². The lowest BCUT2D eigenvalue weighted by Gasteiger charge is -2.53. The van der Waals surface area contributed by atoms with Crippen LogP contribution in [-0.2, 0) is 28.7 Å². The van der Waals surface area contributed by atoms with E-state index >= 15 is 0 Å². The number of carbonyl (C=O) groups excluding carboxylic acids is 2. The normalized spacial score (nSPS) is 22.1. The van der Waals surface area contributed by atoms with Gasteiger partial charge in [-0.25, -0.2) is 0 Å². The predicted molar refractivity (Wildman–Crippen MR) is 177 cm³/mol. The number of carbonyl (C=O) groups is 2. The minimum absolute atomic E-state index is 0.0287. The van der Waals surface area contributed by atoms with Gasteiger partial charge in [0.1, 0.15) is 12.2 Å². The fraction of sp³-hybridized carbons (Fsp3) is 0.944. The summed E-state index contributed by atoms with van der Waals surface area (Å²) in [5, 5.41) is 4.24. The van der Waals surface area contributed by atoms with Gasteiger partial charge in [-0.15, -0.1) is 0 Å². The topological polar surface area (TPSA) is 77.5 Å². The van der Waals surface area contributed by atoms with Crippen molar-refractivity contribution < 1.29 is 28.7 Å². The molecule has 2 aliphatic heterocycles. The standard InChI is InChI=1S/C36H68N2O6/c1-11-13-15-17-19-23-41-37-33(3,4)25-29(26-34(37,5)6)43-31(39)21-22-32(40)44-30-27-35(7,8)38(36(9,10)28-30)42-24-20-18-16-14-12-2/h29-30H,11-28H2,1-10H3. The average Bonchev–Trinajstić information content (AvgIpc) is 2.88. The molecule has 44 heavy (non-hydrogen) atoms. The Morgan fingerprint density at radius 2 is 0.818 bits per heavy atom. The molecule has 0 aromatic rings. The van der Waals surface area contributed by atoms with Crippen molar-refractivity contribution in [1.82, 2.24) is 10.1 Å². The third kappa shape index (κ3) is 12.5.